The number of primary amides is 2. The first-order valence-electron chi connectivity index (χ1n) is 28.5. The highest BCUT2D eigenvalue weighted by Gasteiger charge is 2.40. The first-order valence-corrected chi connectivity index (χ1v) is 31.1. The molecule has 11 atom stereocenters. The Hall–Kier alpha value is -8.50. The van der Waals surface area contributed by atoms with Crippen molar-refractivity contribution in [2.45, 2.75) is 132 Å². The molecule has 92 heavy (non-hydrogen) atoms. The lowest BCUT2D eigenvalue weighted by Gasteiger charge is -2.30. The number of hydrogen-bond donors (Lipinski definition) is 25. The number of aromatic hydroxyl groups is 1. The van der Waals surface area contributed by atoms with Gasteiger partial charge in [0.1, 0.15) is 72.2 Å². The summed E-state index contributed by atoms with van der Waals surface area (Å²) in [5.74, 6) is -14.9. The second-order valence-corrected chi connectivity index (χ2v) is 22.2. The van der Waals surface area contributed by atoms with E-state index < -0.39 is 175 Å². The molecular formula is C52H84N20O16S4. The quantitative estimate of drug-likeness (QED) is 0.0126. The molecule has 0 aliphatic carbocycles. The molecular weight excluding hydrogens is 1290 g/mol. The zero-order chi connectivity index (χ0) is 69.4. The van der Waals surface area contributed by atoms with Crippen molar-refractivity contribution in [2.75, 3.05) is 55.8 Å². The normalized spacial score (nSPS) is 15.7. The number of nitrogens with zero attached hydrogens (tertiary/aromatic N) is 1. The molecule has 0 bridgehead atoms. The van der Waals surface area contributed by atoms with Gasteiger partial charge in [-0.05, 0) is 63.1 Å². The Balaban J connectivity index is 2.25. The molecule has 0 unspecified atom stereocenters. The van der Waals surface area contributed by atoms with Crippen LogP contribution in [-0.2, 0) is 73.5 Å². The molecule has 0 aromatic heterocycles. The highest BCUT2D eigenvalue weighted by molar-refractivity contribution is 7.80. The predicted octanol–water partition coefficient (Wildman–Crippen LogP) is -9.47. The summed E-state index contributed by atoms with van der Waals surface area (Å²) in [6.07, 6.45) is -0.841. The fourth-order valence-corrected chi connectivity index (χ4v) is 9.69. The van der Waals surface area contributed by atoms with Crippen LogP contribution in [-0.4, -0.2) is 232 Å². The molecule has 14 amide bonds. The van der Waals surface area contributed by atoms with Crippen LogP contribution in [0, 0.1) is 10.8 Å². The average molecular weight is 1370 g/mol. The summed E-state index contributed by atoms with van der Waals surface area (Å²) < 4.78 is 0. The van der Waals surface area contributed by atoms with Gasteiger partial charge in [-0.3, -0.25) is 77.9 Å². The summed E-state index contributed by atoms with van der Waals surface area (Å²) in [6, 6.07) is -10.4. The van der Waals surface area contributed by atoms with Crippen molar-refractivity contribution in [2.24, 2.45) is 22.9 Å². The second-order valence-electron chi connectivity index (χ2n) is 20.8. The van der Waals surface area contributed by atoms with Crippen molar-refractivity contribution >= 4 is 145 Å². The Morgan fingerprint density at radius 1 is 0.554 bits per heavy atom. The van der Waals surface area contributed by atoms with Gasteiger partial charge in [0.05, 0.1) is 19.6 Å². The Morgan fingerprint density at radius 2 is 1.00 bits per heavy atom. The molecule has 25 N–H and O–H groups in total. The minimum Gasteiger partial charge on any atom is -0.508 e. The molecule has 40 heteroatoms. The Morgan fingerprint density at radius 3 is 1.52 bits per heavy atom. The predicted molar refractivity (Wildman–Crippen MR) is 344 cm³/mol. The number of aliphatic hydroxyl groups is 1. The molecule has 0 saturated carbocycles. The van der Waals surface area contributed by atoms with E-state index in [1.165, 1.54) is 43.0 Å². The molecule has 1 aliphatic heterocycles. The number of likely N-dealkylation sites (tertiary alicyclic amines) is 1. The molecule has 1 heterocycles. The number of nitrogens with one attached hydrogen (secondary N) is 15. The van der Waals surface area contributed by atoms with Gasteiger partial charge in [0, 0.05) is 56.0 Å². The molecule has 1 aromatic rings. The van der Waals surface area contributed by atoms with Gasteiger partial charge < -0.3 is 107 Å². The molecule has 36 nitrogen and oxygen atoms in total. The van der Waals surface area contributed by atoms with Crippen LogP contribution in [0.4, 0.5) is 0 Å². The summed E-state index contributed by atoms with van der Waals surface area (Å²) in [7, 11) is 0. The number of aliphatic hydroxyl groups excluding tert-OH is 1. The van der Waals surface area contributed by atoms with E-state index in [1.807, 2.05) is 0 Å². The van der Waals surface area contributed by atoms with Crippen LogP contribution < -0.4 is 92.1 Å². The van der Waals surface area contributed by atoms with Crippen molar-refractivity contribution in [3.05, 3.63) is 29.8 Å². The van der Waals surface area contributed by atoms with Crippen LogP contribution in [0.5, 0.6) is 5.75 Å². The monoisotopic (exact) mass is 1370 g/mol. The number of benzene rings is 1. The molecule has 1 fully saturated rings. The third-order valence-electron chi connectivity index (χ3n) is 13.5. The van der Waals surface area contributed by atoms with Crippen LogP contribution >= 0.6 is 50.5 Å². The Kier molecular flexibility index (Phi) is 35.5. The van der Waals surface area contributed by atoms with Crippen molar-refractivity contribution < 1.29 is 77.3 Å². The first-order chi connectivity index (χ1) is 43.4. The highest BCUT2D eigenvalue weighted by Crippen LogP contribution is 2.21. The second kappa shape index (κ2) is 41.1. The van der Waals surface area contributed by atoms with Crippen LogP contribution in [0.25, 0.3) is 0 Å². The zero-order valence-electron chi connectivity index (χ0n) is 50.3. The maximum absolute atomic E-state index is 14.2. The largest absolute Gasteiger partial charge is 0.508 e. The summed E-state index contributed by atoms with van der Waals surface area (Å²) in [4.78, 5) is 187. The Labute approximate surface area is 550 Å². The lowest BCUT2D eigenvalue weighted by Crippen LogP contribution is -2.60. The van der Waals surface area contributed by atoms with Crippen molar-refractivity contribution in [3.63, 3.8) is 0 Å². The van der Waals surface area contributed by atoms with Gasteiger partial charge in [0.25, 0.3) is 0 Å². The van der Waals surface area contributed by atoms with Crippen molar-refractivity contribution in [1.29, 1.82) is 10.8 Å². The highest BCUT2D eigenvalue weighted by atomic mass is 32.1. The van der Waals surface area contributed by atoms with Gasteiger partial charge in [0.2, 0.25) is 82.7 Å². The van der Waals surface area contributed by atoms with Gasteiger partial charge in [-0.1, -0.05) is 12.1 Å². The van der Waals surface area contributed by atoms with Crippen molar-refractivity contribution in [3.8, 4) is 5.75 Å². The fourth-order valence-electron chi connectivity index (χ4n) is 8.65. The molecule has 0 radical (unpaired) electrons. The first kappa shape index (κ1) is 79.6. The molecule has 1 saturated heterocycles. The van der Waals surface area contributed by atoms with E-state index in [-0.39, 0.29) is 92.9 Å². The van der Waals surface area contributed by atoms with E-state index in [1.54, 1.807) is 0 Å². The summed E-state index contributed by atoms with van der Waals surface area (Å²) in [6.45, 7) is 0.775. The topological polar surface area (TPSA) is 591 Å². The number of carbonyl (C=O) groups is 14. The molecule has 2 rings (SSSR count). The minimum atomic E-state index is -1.86. The number of amides is 14. The van der Waals surface area contributed by atoms with Crippen LogP contribution in [0.3, 0.4) is 0 Å². The van der Waals surface area contributed by atoms with Gasteiger partial charge in [0.15, 0.2) is 11.9 Å². The summed E-state index contributed by atoms with van der Waals surface area (Å²) >= 11 is 16.4. The summed E-state index contributed by atoms with van der Waals surface area (Å²) in [5, 5.41) is 66.2. The number of nitrogens with two attached hydrogens (primary N) is 4. The van der Waals surface area contributed by atoms with Gasteiger partial charge in [-0.2, -0.15) is 50.5 Å². The molecule has 1 aromatic carbocycles. The standard InChI is InChI=1S/C52H84N20O16S4/c1-24(62-49(87)37-8-5-15-72(37)50(88)29(7-4-14-60-52(57)58)65-48(86)36(23-92)71-47(85)35(22-91)63-25(2)74)41(79)70-34(21-90)42(80)61-18-39(77)64-28(6-3-13-59-51(55)56)43(81)67-31(17-38(53)76)45(83)66-30(16-26-9-11-27(75)12-10-26)44(82)68-32(19-73)46(84)69-33(20-89)40(54)78/h9-12,24,28-37,73,75,89-92H,3-8,13-23H2,1-2H3,(H2,53,76)(H2,54,78)(H,61,80)(H,62,87)(H,63,74)(H,64,77)(H,65,86)(H,66,83)(H,67,81)(H,68,82)(H,69,84)(H,70,79)(H,71,85)(H4,55,56,59)(H4,57,58,60)/t24-,28-,29-,30-,31-,32-,33-,34-,35-,36-,37-/m0/s1. The number of hydrogen-bond acceptors (Lipinski definition) is 22. The van der Waals surface area contributed by atoms with E-state index in [0.29, 0.717) is 12.0 Å². The minimum absolute atomic E-state index is 0.0140. The summed E-state index contributed by atoms with van der Waals surface area (Å²) in [5.41, 5.74) is 21.9. The van der Waals surface area contributed by atoms with Gasteiger partial charge in [-0.15, -0.1) is 0 Å². The lowest BCUT2D eigenvalue weighted by molar-refractivity contribution is -0.142. The van der Waals surface area contributed by atoms with E-state index in [4.69, 9.17) is 33.8 Å². The fraction of sp³-hybridized carbons (Fsp3) is 0.577. The molecule has 1 aliphatic rings. The van der Waals surface area contributed by atoms with E-state index in [0.717, 1.165) is 0 Å². The Bertz CT molecular complexity index is 2810. The maximum Gasteiger partial charge on any atom is 0.245 e. The number of rotatable bonds is 40. The van der Waals surface area contributed by atoms with Gasteiger partial charge in [-0.25, -0.2) is 0 Å². The number of guanidine groups is 2. The molecule has 0 spiro atoms. The number of carbonyl (C=O) groups excluding carboxylic acids is 14. The number of thiol groups is 4. The third kappa shape index (κ3) is 28.3. The van der Waals surface area contributed by atoms with E-state index >= 15 is 0 Å². The smallest absolute Gasteiger partial charge is 0.245 e. The maximum atomic E-state index is 14.2. The average Bonchev–Trinajstić information content (AvgIpc) is 1.73. The van der Waals surface area contributed by atoms with Gasteiger partial charge >= 0.3 is 0 Å². The van der Waals surface area contributed by atoms with E-state index in [9.17, 15) is 77.3 Å². The zero-order valence-corrected chi connectivity index (χ0v) is 53.9. The van der Waals surface area contributed by atoms with Crippen LogP contribution in [0.15, 0.2) is 24.3 Å². The lowest BCUT2D eigenvalue weighted by atomic mass is 10.0. The number of phenolic OH excluding ortho intramolecular Hbond substituents is 1. The molecule has 512 valence electrons. The third-order valence-corrected chi connectivity index (χ3v) is 14.9. The number of phenols is 1. The van der Waals surface area contributed by atoms with E-state index in [2.05, 4.69) is 120 Å². The van der Waals surface area contributed by atoms with Crippen molar-refractivity contribution in [1.82, 2.24) is 74.0 Å². The SMILES string of the molecule is CC(=O)N[C@@H](CS)C(=O)N[C@@H](CS)C(=O)N[C@@H](CCCNC(=N)N)C(=O)N1CCC[C@H]1C(=O)N[C@@H](C)C(=O)N[C@@H](CS)C(=O)NCC(=O)N[C@@H](CCCNC(=N)N)C(=O)N[C@@H](CC(N)=O)C(=O)N[C@@H](Cc1ccc(O)cc1)C(=O)N[C@@H](CO)C(=O)N[C@@H](CS)C(N)=O. The van der Waals surface area contributed by atoms with Crippen LogP contribution in [0.2, 0.25) is 0 Å². The van der Waals surface area contributed by atoms with Crippen LogP contribution in [0.1, 0.15) is 64.4 Å².